The minimum Gasteiger partial charge on any atom is -0.494 e. The summed E-state index contributed by atoms with van der Waals surface area (Å²) in [4.78, 5) is 0. The fourth-order valence-corrected chi connectivity index (χ4v) is 1.51. The molecule has 2 heteroatoms. The van der Waals surface area contributed by atoms with Gasteiger partial charge in [0.15, 0.2) is 0 Å². The van der Waals surface area contributed by atoms with E-state index in [1.807, 2.05) is 25.1 Å². The number of hydrogen-bond acceptors (Lipinski definition) is 2. The summed E-state index contributed by atoms with van der Waals surface area (Å²) in [6.07, 6.45) is 1.01. The van der Waals surface area contributed by atoms with Crippen molar-refractivity contribution in [2.45, 2.75) is 33.1 Å². The van der Waals surface area contributed by atoms with Crippen molar-refractivity contribution in [3.05, 3.63) is 30.7 Å². The van der Waals surface area contributed by atoms with Crippen LogP contribution in [0.25, 0.3) is 0 Å². The van der Waals surface area contributed by atoms with Crippen LogP contribution in [0.4, 0.5) is 0 Å². The smallest absolute Gasteiger partial charge is 0.123 e. The molecule has 16 heavy (non-hydrogen) atoms. The van der Waals surface area contributed by atoms with E-state index in [1.165, 1.54) is 0 Å². The standard InChI is InChI=1S/C14H21O2/c1-5-9-16-14-8-7-12(15-6-2)10-13(14)11(3)4/h7-8,10-11H,3,5-6,9H2,1-2,4H3. The summed E-state index contributed by atoms with van der Waals surface area (Å²) in [6, 6.07) is 5.93. The van der Waals surface area contributed by atoms with Crippen LogP contribution < -0.4 is 9.47 Å². The molecule has 0 aromatic heterocycles. The van der Waals surface area contributed by atoms with Crippen LogP contribution in [-0.4, -0.2) is 13.2 Å². The van der Waals surface area contributed by atoms with E-state index < -0.39 is 0 Å². The number of benzene rings is 1. The summed E-state index contributed by atoms with van der Waals surface area (Å²) in [5.41, 5.74) is 1.11. The summed E-state index contributed by atoms with van der Waals surface area (Å²) in [7, 11) is 0. The van der Waals surface area contributed by atoms with Gasteiger partial charge in [-0.05, 0) is 44.4 Å². The second-order valence-electron chi connectivity index (χ2n) is 3.88. The lowest BCUT2D eigenvalue weighted by atomic mass is 10.0. The molecule has 1 radical (unpaired) electrons. The first-order valence-electron chi connectivity index (χ1n) is 5.91. The molecule has 0 aliphatic carbocycles. The van der Waals surface area contributed by atoms with E-state index in [0.29, 0.717) is 6.61 Å². The van der Waals surface area contributed by atoms with Crippen LogP contribution in [0.1, 0.15) is 38.7 Å². The van der Waals surface area contributed by atoms with E-state index in [-0.39, 0.29) is 5.92 Å². The zero-order valence-electron chi connectivity index (χ0n) is 10.5. The quantitative estimate of drug-likeness (QED) is 0.727. The molecule has 0 aliphatic rings. The molecule has 1 aromatic rings. The largest absolute Gasteiger partial charge is 0.494 e. The summed E-state index contributed by atoms with van der Waals surface area (Å²) in [5, 5.41) is 0. The highest BCUT2D eigenvalue weighted by Gasteiger charge is 2.09. The topological polar surface area (TPSA) is 18.5 Å². The first-order valence-corrected chi connectivity index (χ1v) is 5.91. The van der Waals surface area contributed by atoms with Crippen molar-refractivity contribution in [2.75, 3.05) is 13.2 Å². The number of rotatable bonds is 6. The molecule has 0 spiro atoms. The zero-order valence-corrected chi connectivity index (χ0v) is 10.5. The van der Waals surface area contributed by atoms with Crippen molar-refractivity contribution in [3.8, 4) is 11.5 Å². The Morgan fingerprint density at radius 1 is 1.25 bits per heavy atom. The predicted octanol–water partition coefficient (Wildman–Crippen LogP) is 3.81. The summed E-state index contributed by atoms with van der Waals surface area (Å²) < 4.78 is 11.2. The Morgan fingerprint density at radius 3 is 2.56 bits per heavy atom. The lowest BCUT2D eigenvalue weighted by molar-refractivity contribution is 0.310. The van der Waals surface area contributed by atoms with Crippen molar-refractivity contribution in [3.63, 3.8) is 0 Å². The molecule has 1 unspecified atom stereocenters. The number of hydrogen-bond donors (Lipinski definition) is 0. The molecule has 0 bridgehead atoms. The Bertz CT molecular complexity index is 319. The summed E-state index contributed by atoms with van der Waals surface area (Å²) in [6.45, 7) is 11.6. The molecule has 0 aliphatic heterocycles. The predicted molar refractivity (Wildman–Crippen MR) is 67.2 cm³/mol. The van der Waals surface area contributed by atoms with Gasteiger partial charge >= 0.3 is 0 Å². The molecule has 0 saturated heterocycles. The molecular formula is C14H21O2. The second kappa shape index (κ2) is 6.41. The van der Waals surface area contributed by atoms with Gasteiger partial charge in [-0.1, -0.05) is 13.8 Å². The van der Waals surface area contributed by atoms with E-state index in [1.54, 1.807) is 0 Å². The van der Waals surface area contributed by atoms with Crippen molar-refractivity contribution >= 4 is 0 Å². The second-order valence-corrected chi connectivity index (χ2v) is 3.88. The average molecular weight is 221 g/mol. The Hall–Kier alpha value is -1.18. The lowest BCUT2D eigenvalue weighted by Gasteiger charge is -2.15. The first-order chi connectivity index (χ1) is 7.69. The fourth-order valence-electron chi connectivity index (χ4n) is 1.51. The molecule has 0 fully saturated rings. The average Bonchev–Trinajstić information content (AvgIpc) is 2.27. The third-order valence-electron chi connectivity index (χ3n) is 2.28. The minimum absolute atomic E-state index is 0.201. The maximum absolute atomic E-state index is 5.69. The number of ether oxygens (including phenoxy) is 2. The van der Waals surface area contributed by atoms with Gasteiger partial charge in [-0.3, -0.25) is 0 Å². The van der Waals surface area contributed by atoms with Crippen LogP contribution in [-0.2, 0) is 0 Å². The van der Waals surface area contributed by atoms with Crippen LogP contribution >= 0.6 is 0 Å². The molecule has 1 atom stereocenters. The highest BCUT2D eigenvalue weighted by molar-refractivity contribution is 5.42. The van der Waals surface area contributed by atoms with Gasteiger partial charge in [0.1, 0.15) is 11.5 Å². The Morgan fingerprint density at radius 2 is 2.00 bits per heavy atom. The normalized spacial score (nSPS) is 10.6. The molecule has 0 N–H and O–H groups in total. The summed E-state index contributed by atoms with van der Waals surface area (Å²) >= 11 is 0. The van der Waals surface area contributed by atoms with E-state index in [2.05, 4.69) is 20.8 Å². The maximum Gasteiger partial charge on any atom is 0.123 e. The zero-order chi connectivity index (χ0) is 12.0. The molecule has 0 saturated carbocycles. The van der Waals surface area contributed by atoms with Gasteiger partial charge in [0.05, 0.1) is 13.2 Å². The molecule has 89 valence electrons. The van der Waals surface area contributed by atoms with Crippen LogP contribution in [0.2, 0.25) is 0 Å². The molecule has 0 heterocycles. The fraction of sp³-hybridized carbons (Fsp3) is 0.500. The van der Waals surface area contributed by atoms with Gasteiger partial charge in [-0.15, -0.1) is 0 Å². The molecule has 0 amide bonds. The molecule has 1 aromatic carbocycles. The van der Waals surface area contributed by atoms with E-state index in [9.17, 15) is 0 Å². The lowest BCUT2D eigenvalue weighted by Crippen LogP contribution is -2.01. The van der Waals surface area contributed by atoms with E-state index in [0.717, 1.165) is 30.1 Å². The van der Waals surface area contributed by atoms with Crippen LogP contribution in [0.15, 0.2) is 18.2 Å². The van der Waals surface area contributed by atoms with E-state index in [4.69, 9.17) is 9.47 Å². The minimum atomic E-state index is 0.201. The van der Waals surface area contributed by atoms with Crippen molar-refractivity contribution in [1.82, 2.24) is 0 Å². The van der Waals surface area contributed by atoms with Gasteiger partial charge in [-0.2, -0.15) is 0 Å². The van der Waals surface area contributed by atoms with Gasteiger partial charge in [0.25, 0.3) is 0 Å². The monoisotopic (exact) mass is 221 g/mol. The van der Waals surface area contributed by atoms with Gasteiger partial charge in [-0.25, -0.2) is 0 Å². The Balaban J connectivity index is 2.90. The third-order valence-corrected chi connectivity index (χ3v) is 2.28. The maximum atomic E-state index is 5.69. The Kier molecular flexibility index (Phi) is 5.17. The van der Waals surface area contributed by atoms with Crippen molar-refractivity contribution < 1.29 is 9.47 Å². The van der Waals surface area contributed by atoms with E-state index >= 15 is 0 Å². The molecule has 1 rings (SSSR count). The van der Waals surface area contributed by atoms with Gasteiger partial charge < -0.3 is 9.47 Å². The van der Waals surface area contributed by atoms with Crippen LogP contribution in [0.3, 0.4) is 0 Å². The first kappa shape index (κ1) is 12.9. The van der Waals surface area contributed by atoms with Crippen LogP contribution in [0.5, 0.6) is 11.5 Å². The van der Waals surface area contributed by atoms with Gasteiger partial charge in [0.2, 0.25) is 0 Å². The molecule has 2 nitrogen and oxygen atoms in total. The van der Waals surface area contributed by atoms with Crippen molar-refractivity contribution in [1.29, 1.82) is 0 Å². The van der Waals surface area contributed by atoms with Gasteiger partial charge in [0, 0.05) is 5.56 Å². The Labute approximate surface area is 98.6 Å². The SMILES string of the molecule is [CH2]C(C)c1cc(OCC)ccc1OCCC. The highest BCUT2D eigenvalue weighted by Crippen LogP contribution is 2.30. The third kappa shape index (κ3) is 3.44. The summed E-state index contributed by atoms with van der Waals surface area (Å²) in [5.74, 6) is 2.01. The highest BCUT2D eigenvalue weighted by atomic mass is 16.5. The van der Waals surface area contributed by atoms with Crippen LogP contribution in [0, 0.1) is 6.92 Å². The van der Waals surface area contributed by atoms with Crippen molar-refractivity contribution in [2.24, 2.45) is 0 Å². The molecular weight excluding hydrogens is 200 g/mol.